The van der Waals surface area contributed by atoms with Crippen LogP contribution in [0.3, 0.4) is 0 Å². The number of phenolic OH excluding ortho intramolecular Hbond substituents is 1. The van der Waals surface area contributed by atoms with Gasteiger partial charge in [-0.15, -0.1) is 0 Å². The van der Waals surface area contributed by atoms with Crippen LogP contribution in [0.25, 0.3) is 10.8 Å². The van der Waals surface area contributed by atoms with Crippen molar-refractivity contribution >= 4 is 20.9 Å². The van der Waals surface area contributed by atoms with Gasteiger partial charge in [0.25, 0.3) is 0 Å². The van der Waals surface area contributed by atoms with Gasteiger partial charge in [-0.25, -0.2) is 0 Å². The molecule has 0 bridgehead atoms. The number of rotatable bonds is 3. The van der Waals surface area contributed by atoms with E-state index in [1.807, 2.05) is 6.92 Å². The normalized spacial score (nSPS) is 11.5. The van der Waals surface area contributed by atoms with Gasteiger partial charge >= 0.3 is 10.1 Å². The van der Waals surface area contributed by atoms with Gasteiger partial charge in [0, 0.05) is 5.39 Å². The second kappa shape index (κ2) is 5.35. The number of aryl methyl sites for hydroxylation is 1. The highest BCUT2D eigenvalue weighted by Crippen LogP contribution is 2.28. The lowest BCUT2D eigenvalue weighted by Crippen LogP contribution is -2.10. The van der Waals surface area contributed by atoms with E-state index in [-0.39, 0.29) is 16.4 Å². The molecule has 0 amide bonds. The fourth-order valence-corrected chi connectivity index (χ4v) is 3.36. The van der Waals surface area contributed by atoms with Crippen molar-refractivity contribution in [2.45, 2.75) is 11.8 Å². The lowest BCUT2D eigenvalue weighted by molar-refractivity contribution is 0.476. The third-order valence-electron chi connectivity index (χ3n) is 3.32. The minimum absolute atomic E-state index is 0.00508. The molecule has 22 heavy (non-hydrogen) atoms. The standard InChI is InChI=1S/C17H14O4S/c1-12-5-9-15(10-6-12)21-22(19,20)17-4-2-3-13-7-8-14(18)11-16(13)17/h2-11,18H,1H3. The van der Waals surface area contributed by atoms with Crippen LogP contribution in [0.15, 0.2) is 65.6 Å². The molecular formula is C17H14O4S. The van der Waals surface area contributed by atoms with Gasteiger partial charge in [0.1, 0.15) is 16.4 Å². The van der Waals surface area contributed by atoms with E-state index in [1.54, 1.807) is 42.5 Å². The number of hydrogen-bond acceptors (Lipinski definition) is 4. The van der Waals surface area contributed by atoms with Crippen molar-refractivity contribution in [3.05, 3.63) is 66.2 Å². The Morgan fingerprint density at radius 1 is 0.955 bits per heavy atom. The summed E-state index contributed by atoms with van der Waals surface area (Å²) in [5.74, 6) is 0.258. The Morgan fingerprint density at radius 3 is 2.41 bits per heavy atom. The average molecular weight is 314 g/mol. The summed E-state index contributed by atoms with van der Waals surface area (Å²) >= 11 is 0. The van der Waals surface area contributed by atoms with Crippen molar-refractivity contribution in [2.24, 2.45) is 0 Å². The molecule has 4 nitrogen and oxygen atoms in total. The zero-order valence-corrected chi connectivity index (χ0v) is 12.7. The molecule has 0 atom stereocenters. The van der Waals surface area contributed by atoms with Crippen LogP contribution in [0.2, 0.25) is 0 Å². The highest BCUT2D eigenvalue weighted by Gasteiger charge is 2.20. The summed E-state index contributed by atoms with van der Waals surface area (Å²) in [6, 6.07) is 16.2. The van der Waals surface area contributed by atoms with Crippen molar-refractivity contribution < 1.29 is 17.7 Å². The molecule has 0 fully saturated rings. The van der Waals surface area contributed by atoms with Crippen molar-refractivity contribution in [1.82, 2.24) is 0 Å². The van der Waals surface area contributed by atoms with Gasteiger partial charge in [-0.05, 0) is 42.6 Å². The molecule has 0 saturated heterocycles. The van der Waals surface area contributed by atoms with Crippen molar-refractivity contribution in [3.63, 3.8) is 0 Å². The smallest absolute Gasteiger partial charge is 0.339 e. The van der Waals surface area contributed by atoms with Crippen LogP contribution >= 0.6 is 0 Å². The van der Waals surface area contributed by atoms with Crippen molar-refractivity contribution in [1.29, 1.82) is 0 Å². The molecule has 0 aromatic heterocycles. The first kappa shape index (κ1) is 14.4. The number of hydrogen-bond donors (Lipinski definition) is 1. The Kier molecular flexibility index (Phi) is 3.50. The molecule has 3 aromatic rings. The molecule has 0 aliphatic rings. The van der Waals surface area contributed by atoms with Gasteiger partial charge in [-0.3, -0.25) is 0 Å². The number of phenols is 1. The van der Waals surface area contributed by atoms with Crippen molar-refractivity contribution in [2.75, 3.05) is 0 Å². The van der Waals surface area contributed by atoms with Gasteiger partial charge in [0.05, 0.1) is 0 Å². The quantitative estimate of drug-likeness (QED) is 0.750. The molecule has 0 aliphatic heterocycles. The monoisotopic (exact) mass is 314 g/mol. The summed E-state index contributed by atoms with van der Waals surface area (Å²) in [5.41, 5.74) is 1.01. The molecule has 0 saturated carbocycles. The molecule has 1 N–H and O–H groups in total. The van der Waals surface area contributed by atoms with E-state index in [0.29, 0.717) is 10.8 Å². The highest BCUT2D eigenvalue weighted by molar-refractivity contribution is 7.87. The first-order chi connectivity index (χ1) is 10.5. The van der Waals surface area contributed by atoms with Gasteiger partial charge in [-0.2, -0.15) is 8.42 Å². The van der Waals surface area contributed by atoms with Crippen LogP contribution in [-0.4, -0.2) is 13.5 Å². The minimum Gasteiger partial charge on any atom is -0.508 e. The predicted molar refractivity (Wildman–Crippen MR) is 84.6 cm³/mol. The van der Waals surface area contributed by atoms with E-state index in [2.05, 4.69) is 0 Å². The summed E-state index contributed by atoms with van der Waals surface area (Å²) in [4.78, 5) is 0.0291. The molecule has 5 heteroatoms. The first-order valence-electron chi connectivity index (χ1n) is 6.69. The van der Waals surface area contributed by atoms with Gasteiger partial charge < -0.3 is 9.29 Å². The molecule has 3 rings (SSSR count). The zero-order chi connectivity index (χ0) is 15.7. The maximum Gasteiger partial charge on any atom is 0.339 e. The lowest BCUT2D eigenvalue weighted by Gasteiger charge is -2.10. The molecule has 3 aromatic carbocycles. The largest absolute Gasteiger partial charge is 0.508 e. The topological polar surface area (TPSA) is 63.6 Å². The Bertz CT molecular complexity index is 929. The molecule has 0 unspecified atom stereocenters. The molecule has 112 valence electrons. The van der Waals surface area contributed by atoms with Crippen LogP contribution in [-0.2, 0) is 10.1 Å². The van der Waals surface area contributed by atoms with Gasteiger partial charge in [0.2, 0.25) is 0 Å². The molecule has 0 heterocycles. The maximum absolute atomic E-state index is 12.5. The SMILES string of the molecule is Cc1ccc(OS(=O)(=O)c2cccc3ccc(O)cc23)cc1. The van der Waals surface area contributed by atoms with Crippen LogP contribution in [0.4, 0.5) is 0 Å². The van der Waals surface area contributed by atoms with E-state index in [0.717, 1.165) is 5.56 Å². The fourth-order valence-electron chi connectivity index (χ4n) is 2.22. The third-order valence-corrected chi connectivity index (χ3v) is 4.63. The zero-order valence-electron chi connectivity index (χ0n) is 11.9. The Balaban J connectivity index is 2.09. The molecule has 0 radical (unpaired) electrons. The average Bonchev–Trinajstić information content (AvgIpc) is 2.48. The van der Waals surface area contributed by atoms with E-state index in [9.17, 15) is 13.5 Å². The van der Waals surface area contributed by atoms with E-state index >= 15 is 0 Å². The van der Waals surface area contributed by atoms with Crippen LogP contribution in [0.5, 0.6) is 11.5 Å². The maximum atomic E-state index is 12.5. The summed E-state index contributed by atoms with van der Waals surface area (Å²) < 4.78 is 30.2. The Labute approximate surface area is 128 Å². The number of benzene rings is 3. The van der Waals surface area contributed by atoms with Gasteiger partial charge in [-0.1, -0.05) is 35.9 Å². The predicted octanol–water partition coefficient (Wildman–Crippen LogP) is 3.62. The fraction of sp³-hybridized carbons (Fsp3) is 0.0588. The Hall–Kier alpha value is -2.53. The van der Waals surface area contributed by atoms with E-state index in [4.69, 9.17) is 4.18 Å². The van der Waals surface area contributed by atoms with Crippen molar-refractivity contribution in [3.8, 4) is 11.5 Å². The minimum atomic E-state index is -3.98. The summed E-state index contributed by atoms with van der Waals surface area (Å²) in [7, 11) is -3.98. The first-order valence-corrected chi connectivity index (χ1v) is 8.09. The lowest BCUT2D eigenvalue weighted by atomic mass is 10.1. The molecule has 0 aliphatic carbocycles. The van der Waals surface area contributed by atoms with Crippen LogP contribution < -0.4 is 4.18 Å². The van der Waals surface area contributed by atoms with E-state index in [1.165, 1.54) is 18.2 Å². The molecular weight excluding hydrogens is 300 g/mol. The Morgan fingerprint density at radius 2 is 1.68 bits per heavy atom. The second-order valence-corrected chi connectivity index (χ2v) is 6.53. The third kappa shape index (κ3) is 2.76. The van der Waals surface area contributed by atoms with Crippen LogP contribution in [0, 0.1) is 6.92 Å². The summed E-state index contributed by atoms with van der Waals surface area (Å²) in [5, 5.41) is 10.7. The molecule has 0 spiro atoms. The van der Waals surface area contributed by atoms with Crippen LogP contribution in [0.1, 0.15) is 5.56 Å². The number of fused-ring (bicyclic) bond motifs is 1. The van der Waals surface area contributed by atoms with E-state index < -0.39 is 10.1 Å². The van der Waals surface area contributed by atoms with Gasteiger partial charge in [0.15, 0.2) is 0 Å². The summed E-state index contributed by atoms with van der Waals surface area (Å²) in [6.45, 7) is 1.91. The summed E-state index contributed by atoms with van der Waals surface area (Å²) in [6.07, 6.45) is 0. The second-order valence-electron chi connectivity index (χ2n) is 5.01. The highest BCUT2D eigenvalue weighted by atomic mass is 32.2. The number of aromatic hydroxyl groups is 1.